The number of sulfonamides is 1. The summed E-state index contributed by atoms with van der Waals surface area (Å²) in [4.78, 5) is 12.9. The molecule has 0 atom stereocenters. The molecule has 1 amide bonds. The van der Waals surface area contributed by atoms with Gasteiger partial charge in [-0.25, -0.2) is 8.42 Å². The lowest BCUT2D eigenvalue weighted by Crippen LogP contribution is -2.38. The fourth-order valence-electron chi connectivity index (χ4n) is 3.04. The average molecular weight is 477 g/mol. The molecule has 3 aromatic rings. The topological polar surface area (TPSA) is 66.5 Å². The number of anilines is 2. The summed E-state index contributed by atoms with van der Waals surface area (Å²) >= 11 is 12.2. The van der Waals surface area contributed by atoms with Crippen LogP contribution < -0.4 is 9.62 Å². The van der Waals surface area contributed by atoms with Gasteiger partial charge in [-0.2, -0.15) is 0 Å². The Morgan fingerprint density at radius 1 is 0.935 bits per heavy atom. The van der Waals surface area contributed by atoms with Crippen LogP contribution >= 0.6 is 23.2 Å². The van der Waals surface area contributed by atoms with Crippen molar-refractivity contribution in [3.63, 3.8) is 0 Å². The number of amides is 1. The lowest BCUT2D eigenvalue weighted by atomic mass is 10.1. The molecule has 3 aromatic carbocycles. The zero-order valence-corrected chi connectivity index (χ0v) is 19.6. The predicted octanol–water partition coefficient (Wildman–Crippen LogP) is 5.75. The molecule has 0 fully saturated rings. The van der Waals surface area contributed by atoms with Crippen LogP contribution in [0.4, 0.5) is 11.4 Å². The van der Waals surface area contributed by atoms with Crippen molar-refractivity contribution in [3.8, 4) is 0 Å². The van der Waals surface area contributed by atoms with E-state index in [-0.39, 0.29) is 20.6 Å². The Morgan fingerprint density at radius 2 is 1.55 bits per heavy atom. The third kappa shape index (κ3) is 5.39. The first-order chi connectivity index (χ1) is 14.6. The molecule has 0 aliphatic heterocycles. The molecular formula is C23H22Cl2N2O3S. The number of carbonyl (C=O) groups excluding carboxylic acids is 1. The molecule has 0 aliphatic rings. The summed E-state index contributed by atoms with van der Waals surface area (Å²) in [5.41, 5.74) is 3.68. The highest BCUT2D eigenvalue weighted by Crippen LogP contribution is 2.30. The van der Waals surface area contributed by atoms with Crippen molar-refractivity contribution < 1.29 is 13.2 Å². The molecule has 1 N–H and O–H groups in total. The fourth-order valence-corrected chi connectivity index (χ4v) is 4.96. The van der Waals surface area contributed by atoms with Crippen molar-refractivity contribution >= 4 is 50.5 Å². The smallest absolute Gasteiger partial charge is 0.264 e. The van der Waals surface area contributed by atoms with E-state index in [0.29, 0.717) is 5.69 Å². The maximum absolute atomic E-state index is 13.4. The molecule has 0 aromatic heterocycles. The number of carbonyl (C=O) groups is 1. The lowest BCUT2D eigenvalue weighted by Gasteiger charge is -2.25. The van der Waals surface area contributed by atoms with Gasteiger partial charge in [0.25, 0.3) is 10.0 Å². The van der Waals surface area contributed by atoms with Crippen molar-refractivity contribution in [2.75, 3.05) is 16.2 Å². The van der Waals surface area contributed by atoms with Crippen LogP contribution in [-0.2, 0) is 14.8 Å². The number of halogens is 2. The van der Waals surface area contributed by atoms with Gasteiger partial charge in [-0.05, 0) is 68.3 Å². The van der Waals surface area contributed by atoms with E-state index in [1.54, 1.807) is 18.2 Å². The normalized spacial score (nSPS) is 11.3. The van der Waals surface area contributed by atoms with Gasteiger partial charge >= 0.3 is 0 Å². The first-order valence-electron chi connectivity index (χ1n) is 9.49. The van der Waals surface area contributed by atoms with E-state index in [1.165, 1.54) is 30.3 Å². The molecule has 8 heteroatoms. The van der Waals surface area contributed by atoms with E-state index >= 15 is 0 Å². The van der Waals surface area contributed by atoms with Crippen LogP contribution in [0.2, 0.25) is 10.0 Å². The molecule has 162 valence electrons. The SMILES string of the molecule is Cc1ccc(S(=O)(=O)N(CC(=O)Nc2cccc(C)c2C)c2cc(Cl)cc(Cl)c2)cc1. The number of hydrogen-bond acceptors (Lipinski definition) is 3. The van der Waals surface area contributed by atoms with Gasteiger partial charge in [0.2, 0.25) is 5.91 Å². The summed E-state index contributed by atoms with van der Waals surface area (Å²) in [7, 11) is -4.05. The minimum absolute atomic E-state index is 0.0636. The molecule has 5 nitrogen and oxygen atoms in total. The molecule has 31 heavy (non-hydrogen) atoms. The number of nitrogens with one attached hydrogen (secondary N) is 1. The van der Waals surface area contributed by atoms with Gasteiger partial charge in [0.05, 0.1) is 10.6 Å². The number of nitrogens with zero attached hydrogens (tertiary/aromatic N) is 1. The fraction of sp³-hybridized carbons (Fsp3) is 0.174. The van der Waals surface area contributed by atoms with E-state index < -0.39 is 22.5 Å². The first kappa shape index (κ1) is 23.1. The summed E-state index contributed by atoms with van der Waals surface area (Å²) in [6.45, 7) is 5.25. The van der Waals surface area contributed by atoms with Gasteiger partial charge in [0, 0.05) is 15.7 Å². The molecule has 0 heterocycles. The summed E-state index contributed by atoms with van der Waals surface area (Å²) in [5.74, 6) is -0.486. The van der Waals surface area contributed by atoms with Crippen LogP contribution in [0.5, 0.6) is 0 Å². The number of hydrogen-bond donors (Lipinski definition) is 1. The Balaban J connectivity index is 2.00. The number of aryl methyl sites for hydroxylation is 2. The van der Waals surface area contributed by atoms with E-state index in [2.05, 4.69) is 5.32 Å². The Kier molecular flexibility index (Phi) is 6.94. The maximum Gasteiger partial charge on any atom is 0.264 e. The molecule has 0 saturated carbocycles. The predicted molar refractivity (Wildman–Crippen MR) is 127 cm³/mol. The second kappa shape index (κ2) is 9.30. The quantitative estimate of drug-likeness (QED) is 0.492. The third-order valence-electron chi connectivity index (χ3n) is 4.91. The second-order valence-electron chi connectivity index (χ2n) is 7.25. The van der Waals surface area contributed by atoms with Crippen LogP contribution in [-0.4, -0.2) is 20.9 Å². The summed E-state index contributed by atoms with van der Waals surface area (Å²) in [6, 6.07) is 16.4. The van der Waals surface area contributed by atoms with Crippen molar-refractivity contribution in [2.24, 2.45) is 0 Å². The number of benzene rings is 3. The molecule has 0 aliphatic carbocycles. The van der Waals surface area contributed by atoms with E-state index in [1.807, 2.05) is 32.9 Å². The molecular weight excluding hydrogens is 455 g/mol. The molecule has 0 saturated heterocycles. The largest absolute Gasteiger partial charge is 0.324 e. The minimum atomic E-state index is -4.05. The molecule has 0 bridgehead atoms. The Hall–Kier alpha value is -2.54. The zero-order chi connectivity index (χ0) is 22.8. The Labute approximate surface area is 192 Å². The van der Waals surface area contributed by atoms with Gasteiger partial charge in [-0.1, -0.05) is 53.0 Å². The Bertz CT molecular complexity index is 1210. The summed E-state index contributed by atoms with van der Waals surface area (Å²) in [5, 5.41) is 3.33. The standard InChI is InChI=1S/C23H22Cl2N2O3S/c1-15-7-9-21(10-8-15)31(29,30)27(20-12-18(24)11-19(25)13-20)14-23(28)26-22-6-4-5-16(2)17(22)3/h4-13H,14H2,1-3H3,(H,26,28). The maximum atomic E-state index is 13.4. The monoisotopic (exact) mass is 476 g/mol. The van der Waals surface area contributed by atoms with Crippen LogP contribution in [0.15, 0.2) is 65.6 Å². The summed E-state index contributed by atoms with van der Waals surface area (Å²) < 4.78 is 27.9. The van der Waals surface area contributed by atoms with E-state index in [0.717, 1.165) is 21.0 Å². The lowest BCUT2D eigenvalue weighted by molar-refractivity contribution is -0.114. The molecule has 0 radical (unpaired) electrons. The number of rotatable bonds is 6. The molecule has 0 unspecified atom stereocenters. The van der Waals surface area contributed by atoms with E-state index in [4.69, 9.17) is 23.2 Å². The highest BCUT2D eigenvalue weighted by atomic mass is 35.5. The van der Waals surface area contributed by atoms with Crippen LogP contribution in [0.1, 0.15) is 16.7 Å². The average Bonchev–Trinajstić information content (AvgIpc) is 2.69. The highest BCUT2D eigenvalue weighted by Gasteiger charge is 2.28. The van der Waals surface area contributed by atoms with Gasteiger partial charge in [0.15, 0.2) is 0 Å². The van der Waals surface area contributed by atoms with Crippen molar-refractivity contribution in [3.05, 3.63) is 87.4 Å². The van der Waals surface area contributed by atoms with Gasteiger partial charge < -0.3 is 5.32 Å². The van der Waals surface area contributed by atoms with Crippen molar-refractivity contribution in [1.82, 2.24) is 0 Å². The Morgan fingerprint density at radius 3 is 2.16 bits per heavy atom. The summed E-state index contributed by atoms with van der Waals surface area (Å²) in [6.07, 6.45) is 0. The minimum Gasteiger partial charge on any atom is -0.324 e. The van der Waals surface area contributed by atoms with Crippen molar-refractivity contribution in [2.45, 2.75) is 25.7 Å². The van der Waals surface area contributed by atoms with Gasteiger partial charge in [-0.15, -0.1) is 0 Å². The first-order valence-corrected chi connectivity index (χ1v) is 11.7. The zero-order valence-electron chi connectivity index (χ0n) is 17.3. The highest BCUT2D eigenvalue weighted by molar-refractivity contribution is 7.92. The van der Waals surface area contributed by atoms with Crippen molar-refractivity contribution in [1.29, 1.82) is 0 Å². The molecule has 3 rings (SSSR count). The van der Waals surface area contributed by atoms with Crippen LogP contribution in [0.3, 0.4) is 0 Å². The van der Waals surface area contributed by atoms with Gasteiger partial charge in [0.1, 0.15) is 6.54 Å². The van der Waals surface area contributed by atoms with E-state index in [9.17, 15) is 13.2 Å². The van der Waals surface area contributed by atoms with Crippen LogP contribution in [0.25, 0.3) is 0 Å². The van der Waals surface area contributed by atoms with Crippen LogP contribution in [0, 0.1) is 20.8 Å². The van der Waals surface area contributed by atoms with Gasteiger partial charge in [-0.3, -0.25) is 9.10 Å². The molecule has 0 spiro atoms. The second-order valence-corrected chi connectivity index (χ2v) is 9.98. The third-order valence-corrected chi connectivity index (χ3v) is 7.13.